The van der Waals surface area contributed by atoms with E-state index in [-0.39, 0.29) is 45.5 Å². The predicted octanol–water partition coefficient (Wildman–Crippen LogP) is -1.56. The van der Waals surface area contributed by atoms with Gasteiger partial charge in [-0.15, -0.1) is 0 Å². The molecule has 0 aromatic heterocycles. The third kappa shape index (κ3) is 44.7. The van der Waals surface area contributed by atoms with Crippen molar-refractivity contribution >= 4 is 32.7 Å². The molecule has 0 rings (SSSR count). The first-order valence-electron chi connectivity index (χ1n) is 0.651. The van der Waals surface area contributed by atoms with Crippen molar-refractivity contribution in [3.63, 3.8) is 0 Å². The fourth-order valence-corrected chi connectivity index (χ4v) is 0. The van der Waals surface area contributed by atoms with Crippen LogP contribution in [0.4, 0.5) is 0 Å². The van der Waals surface area contributed by atoms with E-state index in [1.54, 1.807) is 0 Å². The van der Waals surface area contributed by atoms with E-state index in [9.17, 15) is 0 Å². The molecule has 0 spiro atoms. The summed E-state index contributed by atoms with van der Waals surface area (Å²) in [4.78, 5) is 14.3. The molecule has 0 aliphatic heterocycles. The second-order valence-electron chi connectivity index (χ2n) is 0.283. The average Bonchev–Trinajstić information content (AvgIpc) is 0.811. The van der Waals surface area contributed by atoms with Crippen molar-refractivity contribution in [1.29, 1.82) is 0 Å². The Morgan fingerprint density at radius 3 is 1.33 bits per heavy atom. The van der Waals surface area contributed by atoms with E-state index in [0.717, 1.165) is 0 Å². The summed E-state index contributed by atoms with van der Waals surface area (Å²) in [7, 11) is -3.13. The van der Waals surface area contributed by atoms with Crippen LogP contribution in [0.5, 0.6) is 0 Å². The first-order valence-corrected chi connectivity index (χ1v) is 1.95. The van der Waals surface area contributed by atoms with Gasteiger partial charge in [0.15, 0.2) is 0 Å². The van der Waals surface area contributed by atoms with Crippen LogP contribution in [0.25, 0.3) is 0 Å². The summed E-state index contributed by atoms with van der Waals surface area (Å²) in [6.07, 6.45) is 0. The van der Waals surface area contributed by atoms with Gasteiger partial charge < -0.3 is 9.79 Å². The Labute approximate surface area is 67.8 Å². The summed E-state index contributed by atoms with van der Waals surface area (Å²) < 4.78 is 8.74. The minimum atomic E-state index is -3.13. The quantitative estimate of drug-likeness (QED) is 0.420. The van der Waals surface area contributed by atoms with Crippen molar-refractivity contribution in [2.45, 2.75) is 0 Å². The van der Waals surface area contributed by atoms with Crippen LogP contribution < -0.4 is 0 Å². The molecule has 0 saturated carbocycles. The van der Waals surface area contributed by atoms with Crippen LogP contribution in [0.15, 0.2) is 0 Å². The van der Waals surface area contributed by atoms with Gasteiger partial charge in [-0.3, -0.25) is 4.57 Å². The van der Waals surface area contributed by atoms with E-state index in [1.165, 1.54) is 0 Å². The monoisotopic (exact) mass is 303 g/mol. The van der Waals surface area contributed by atoms with Crippen molar-refractivity contribution in [2.24, 2.45) is 0 Å². The molecule has 39 valence electrons. The van der Waals surface area contributed by atoms with Crippen LogP contribution in [0, 0.1) is 0 Å². The fourth-order valence-electron chi connectivity index (χ4n) is 0. The zero-order valence-corrected chi connectivity index (χ0v) is 9.09. The molecule has 0 aromatic carbocycles. The fraction of sp³-hybridized carbons (Fsp3) is 0. The molecule has 2 N–H and O–H groups in total. The van der Waals surface area contributed by atoms with Gasteiger partial charge in [-0.25, -0.2) is 0 Å². The molecular formula is H5MoO3PSb. The molecule has 1 radical (unpaired) electrons. The molecular weight excluding hydrogens is 297 g/mol. The van der Waals surface area contributed by atoms with Crippen molar-refractivity contribution in [2.75, 3.05) is 0 Å². The van der Waals surface area contributed by atoms with Gasteiger partial charge in [0, 0.05) is 21.1 Å². The molecule has 0 unspecified atom stereocenters. The van der Waals surface area contributed by atoms with Crippen molar-refractivity contribution in [1.82, 2.24) is 0 Å². The SMILES string of the molecule is O=[PH](O)O.[Mo].[SbH2]. The Hall–Kier alpha value is 1.66. The van der Waals surface area contributed by atoms with Crippen LogP contribution in [0.3, 0.4) is 0 Å². The van der Waals surface area contributed by atoms with E-state index in [1.807, 2.05) is 0 Å². The van der Waals surface area contributed by atoms with E-state index >= 15 is 0 Å². The topological polar surface area (TPSA) is 57.5 Å². The molecule has 0 aliphatic rings. The molecule has 0 aromatic rings. The minimum absolute atomic E-state index is 0. The molecule has 6 heavy (non-hydrogen) atoms. The molecule has 0 heterocycles. The Morgan fingerprint density at radius 1 is 1.33 bits per heavy atom. The Bertz CT molecular complexity index is 33.8. The molecule has 3 nitrogen and oxygen atoms in total. The van der Waals surface area contributed by atoms with E-state index in [0.29, 0.717) is 0 Å². The zero-order valence-electron chi connectivity index (χ0n) is 2.79. The third-order valence-electron chi connectivity index (χ3n) is 0. The molecule has 0 atom stereocenters. The average molecular weight is 302 g/mol. The second kappa shape index (κ2) is 9.82. The number of rotatable bonds is 0. The van der Waals surface area contributed by atoms with Crippen molar-refractivity contribution in [3.05, 3.63) is 0 Å². The zero-order chi connectivity index (χ0) is 3.58. The van der Waals surface area contributed by atoms with Crippen LogP contribution in [-0.4, -0.2) is 34.2 Å². The van der Waals surface area contributed by atoms with E-state index in [2.05, 4.69) is 0 Å². The summed E-state index contributed by atoms with van der Waals surface area (Å²) in [5.74, 6) is 0. The van der Waals surface area contributed by atoms with E-state index < -0.39 is 8.25 Å². The van der Waals surface area contributed by atoms with Crippen molar-refractivity contribution in [3.8, 4) is 0 Å². The standard InChI is InChI=1S/Mo.H3O3P.Sb.2H/c;1-4(2)3;;;/h;4H,(H2,1,2,3);;;. The van der Waals surface area contributed by atoms with Gasteiger partial charge in [-0.2, -0.15) is 0 Å². The summed E-state index contributed by atoms with van der Waals surface area (Å²) >= 11 is 0. The van der Waals surface area contributed by atoms with Gasteiger partial charge in [0.1, 0.15) is 0 Å². The van der Waals surface area contributed by atoms with Crippen LogP contribution in [0.2, 0.25) is 0 Å². The molecule has 0 amide bonds. The molecule has 0 saturated heterocycles. The number of hydrogen-bond donors (Lipinski definition) is 2. The Kier molecular flexibility index (Phi) is 25.6. The van der Waals surface area contributed by atoms with Gasteiger partial charge in [-0.05, 0) is 0 Å². The van der Waals surface area contributed by atoms with Gasteiger partial charge in [0.05, 0.1) is 0 Å². The first-order chi connectivity index (χ1) is 1.73. The summed E-state index contributed by atoms with van der Waals surface area (Å²) in [5, 5.41) is 0. The normalized spacial score (nSPS) is 5.83. The van der Waals surface area contributed by atoms with Crippen LogP contribution in [0.1, 0.15) is 0 Å². The first kappa shape index (κ1) is 15.6. The maximum absolute atomic E-state index is 8.74. The van der Waals surface area contributed by atoms with Crippen molar-refractivity contribution < 1.29 is 35.4 Å². The Balaban J connectivity index is -0.0000000450. The second-order valence-corrected chi connectivity index (χ2v) is 0.848. The van der Waals surface area contributed by atoms with Gasteiger partial charge in [0.25, 0.3) is 0 Å². The molecule has 0 aliphatic carbocycles. The molecule has 6 heteroatoms. The van der Waals surface area contributed by atoms with E-state index in [4.69, 9.17) is 14.4 Å². The van der Waals surface area contributed by atoms with Crippen LogP contribution >= 0.6 is 8.25 Å². The predicted molar refractivity (Wildman–Crippen MR) is 22.0 cm³/mol. The molecule has 0 bridgehead atoms. The van der Waals surface area contributed by atoms with Gasteiger partial charge in [0.2, 0.25) is 0 Å². The Morgan fingerprint density at radius 2 is 1.33 bits per heavy atom. The van der Waals surface area contributed by atoms with Gasteiger partial charge >= 0.3 is 32.7 Å². The number of hydrogen-bond acceptors (Lipinski definition) is 1. The molecule has 0 fully saturated rings. The van der Waals surface area contributed by atoms with Gasteiger partial charge in [-0.1, -0.05) is 0 Å². The maximum atomic E-state index is 8.74. The summed E-state index contributed by atoms with van der Waals surface area (Å²) in [6.45, 7) is 0. The summed E-state index contributed by atoms with van der Waals surface area (Å²) in [6, 6.07) is 0. The summed E-state index contributed by atoms with van der Waals surface area (Å²) in [5.41, 5.74) is 0. The third-order valence-corrected chi connectivity index (χ3v) is 0. The van der Waals surface area contributed by atoms with Crippen LogP contribution in [-0.2, 0) is 25.6 Å².